The standard InChI is InChI=1S/C13H13NO4S/c1-14-8-6-4-5-7-9(8)19-11(14)10(12(15)17-2)13(16)18-3/h4-7H,1-3H3. The van der Waals surface area contributed by atoms with Crippen molar-refractivity contribution in [3.8, 4) is 0 Å². The SMILES string of the molecule is COC(=O)C(C(=O)OC)=C1Sc2ccccc2N1C. The number of hydrogen-bond acceptors (Lipinski definition) is 6. The van der Waals surface area contributed by atoms with Crippen LogP contribution in [0.1, 0.15) is 0 Å². The van der Waals surface area contributed by atoms with Gasteiger partial charge in [-0.15, -0.1) is 0 Å². The quantitative estimate of drug-likeness (QED) is 0.356. The first-order valence-electron chi connectivity index (χ1n) is 5.51. The van der Waals surface area contributed by atoms with E-state index in [0.29, 0.717) is 5.03 Å². The van der Waals surface area contributed by atoms with Crippen LogP contribution in [0.15, 0.2) is 39.8 Å². The Bertz CT molecular complexity index is 550. The average molecular weight is 279 g/mol. The molecule has 5 nitrogen and oxygen atoms in total. The van der Waals surface area contributed by atoms with Crippen LogP contribution < -0.4 is 4.90 Å². The molecule has 0 amide bonds. The van der Waals surface area contributed by atoms with E-state index in [9.17, 15) is 9.59 Å². The van der Waals surface area contributed by atoms with Crippen LogP contribution in [-0.4, -0.2) is 33.2 Å². The molecule has 0 aliphatic carbocycles. The lowest BCUT2D eigenvalue weighted by molar-refractivity contribution is -0.144. The highest BCUT2D eigenvalue weighted by Crippen LogP contribution is 2.46. The Kier molecular flexibility index (Phi) is 3.80. The van der Waals surface area contributed by atoms with Crippen molar-refractivity contribution in [2.24, 2.45) is 0 Å². The van der Waals surface area contributed by atoms with Gasteiger partial charge in [0, 0.05) is 11.9 Å². The van der Waals surface area contributed by atoms with Gasteiger partial charge in [0.05, 0.1) is 19.9 Å². The Balaban J connectivity index is 2.52. The molecule has 6 heteroatoms. The lowest BCUT2D eigenvalue weighted by Gasteiger charge is -2.15. The van der Waals surface area contributed by atoms with Crippen molar-refractivity contribution in [2.45, 2.75) is 4.90 Å². The van der Waals surface area contributed by atoms with E-state index in [-0.39, 0.29) is 5.57 Å². The molecule has 0 radical (unpaired) electrons. The van der Waals surface area contributed by atoms with E-state index in [1.54, 1.807) is 11.9 Å². The molecule has 0 bridgehead atoms. The van der Waals surface area contributed by atoms with E-state index in [0.717, 1.165) is 10.6 Å². The number of fused-ring (bicyclic) bond motifs is 1. The number of anilines is 1. The van der Waals surface area contributed by atoms with Gasteiger partial charge < -0.3 is 14.4 Å². The van der Waals surface area contributed by atoms with Crippen molar-refractivity contribution in [2.75, 3.05) is 26.2 Å². The molecule has 1 aliphatic heterocycles. The van der Waals surface area contributed by atoms with Gasteiger partial charge in [-0.3, -0.25) is 0 Å². The van der Waals surface area contributed by atoms with Gasteiger partial charge in [-0.2, -0.15) is 0 Å². The van der Waals surface area contributed by atoms with Crippen LogP contribution in [0.4, 0.5) is 5.69 Å². The summed E-state index contributed by atoms with van der Waals surface area (Å²) in [6, 6.07) is 7.64. The van der Waals surface area contributed by atoms with E-state index < -0.39 is 11.9 Å². The van der Waals surface area contributed by atoms with E-state index in [1.807, 2.05) is 24.3 Å². The van der Waals surface area contributed by atoms with Gasteiger partial charge in [0.2, 0.25) is 0 Å². The highest BCUT2D eigenvalue weighted by molar-refractivity contribution is 8.03. The average Bonchev–Trinajstić information content (AvgIpc) is 2.76. The van der Waals surface area contributed by atoms with Crippen molar-refractivity contribution in [1.82, 2.24) is 0 Å². The Morgan fingerprint density at radius 3 is 2.21 bits per heavy atom. The first-order valence-corrected chi connectivity index (χ1v) is 6.33. The molecule has 0 unspecified atom stereocenters. The maximum absolute atomic E-state index is 11.8. The van der Waals surface area contributed by atoms with Crippen molar-refractivity contribution < 1.29 is 19.1 Å². The molecule has 1 aliphatic rings. The number of carbonyl (C=O) groups excluding carboxylic acids is 2. The second-order valence-corrected chi connectivity index (χ2v) is 4.82. The molecule has 19 heavy (non-hydrogen) atoms. The van der Waals surface area contributed by atoms with Crippen LogP contribution in [0.2, 0.25) is 0 Å². The van der Waals surface area contributed by atoms with Gasteiger partial charge >= 0.3 is 11.9 Å². The van der Waals surface area contributed by atoms with Gasteiger partial charge in [-0.1, -0.05) is 23.9 Å². The molecule has 2 rings (SSSR count). The largest absolute Gasteiger partial charge is 0.465 e. The minimum atomic E-state index is -0.700. The fourth-order valence-corrected chi connectivity index (χ4v) is 2.95. The molecule has 0 N–H and O–H groups in total. The molecule has 0 aromatic heterocycles. The predicted octanol–water partition coefficient (Wildman–Crippen LogP) is 1.79. The second-order valence-electron chi connectivity index (χ2n) is 3.79. The third-order valence-corrected chi connectivity index (χ3v) is 3.97. The summed E-state index contributed by atoms with van der Waals surface area (Å²) in [5, 5.41) is 0.514. The van der Waals surface area contributed by atoms with E-state index in [4.69, 9.17) is 0 Å². The number of ether oxygens (including phenoxy) is 2. The minimum absolute atomic E-state index is 0.0892. The van der Waals surface area contributed by atoms with Crippen LogP contribution >= 0.6 is 11.8 Å². The second kappa shape index (κ2) is 5.36. The number of esters is 2. The monoisotopic (exact) mass is 279 g/mol. The summed E-state index contributed by atoms with van der Waals surface area (Å²) in [4.78, 5) is 26.3. The number of para-hydroxylation sites is 1. The van der Waals surface area contributed by atoms with Crippen molar-refractivity contribution in [3.63, 3.8) is 0 Å². The number of hydrogen-bond donors (Lipinski definition) is 0. The van der Waals surface area contributed by atoms with Crippen LogP contribution in [0.25, 0.3) is 0 Å². The molecule has 1 heterocycles. The summed E-state index contributed by atoms with van der Waals surface area (Å²) in [7, 11) is 4.26. The number of benzene rings is 1. The Morgan fingerprint density at radius 2 is 1.68 bits per heavy atom. The van der Waals surface area contributed by atoms with Gasteiger partial charge in [-0.05, 0) is 12.1 Å². The normalized spacial score (nSPS) is 13.0. The Labute approximate surface area is 115 Å². The van der Waals surface area contributed by atoms with Crippen LogP contribution in [0.3, 0.4) is 0 Å². The van der Waals surface area contributed by atoms with E-state index in [1.165, 1.54) is 26.0 Å². The maximum atomic E-state index is 11.8. The van der Waals surface area contributed by atoms with Gasteiger partial charge in [0.1, 0.15) is 5.03 Å². The van der Waals surface area contributed by atoms with E-state index in [2.05, 4.69) is 9.47 Å². The topological polar surface area (TPSA) is 55.8 Å². The molecular weight excluding hydrogens is 266 g/mol. The number of nitrogens with zero attached hydrogens (tertiary/aromatic N) is 1. The molecular formula is C13H13NO4S. The number of rotatable bonds is 2. The lowest BCUT2D eigenvalue weighted by Crippen LogP contribution is -2.23. The predicted molar refractivity (Wildman–Crippen MR) is 71.8 cm³/mol. The number of carbonyl (C=O) groups is 2. The molecule has 0 saturated heterocycles. The fraction of sp³-hybridized carbons (Fsp3) is 0.231. The Morgan fingerprint density at radius 1 is 1.11 bits per heavy atom. The molecule has 0 saturated carbocycles. The molecule has 0 atom stereocenters. The highest BCUT2D eigenvalue weighted by Gasteiger charge is 2.32. The third kappa shape index (κ3) is 2.31. The van der Waals surface area contributed by atoms with Crippen LogP contribution in [-0.2, 0) is 19.1 Å². The zero-order valence-electron chi connectivity index (χ0n) is 10.8. The third-order valence-electron chi connectivity index (χ3n) is 2.73. The van der Waals surface area contributed by atoms with Crippen molar-refractivity contribution >= 4 is 29.4 Å². The summed E-state index contributed by atoms with van der Waals surface area (Å²) >= 11 is 1.34. The first kappa shape index (κ1) is 13.5. The van der Waals surface area contributed by atoms with Crippen LogP contribution in [0, 0.1) is 0 Å². The summed E-state index contributed by atoms with van der Waals surface area (Å²) in [6.07, 6.45) is 0. The Hall–Kier alpha value is -1.95. The van der Waals surface area contributed by atoms with E-state index >= 15 is 0 Å². The molecule has 100 valence electrons. The lowest BCUT2D eigenvalue weighted by atomic mass is 10.2. The first-order chi connectivity index (χ1) is 9.10. The smallest absolute Gasteiger partial charge is 0.348 e. The summed E-state index contributed by atoms with van der Waals surface area (Å²) < 4.78 is 9.31. The van der Waals surface area contributed by atoms with Crippen LogP contribution in [0.5, 0.6) is 0 Å². The summed E-state index contributed by atoms with van der Waals surface area (Å²) in [5.41, 5.74) is 0.849. The number of methoxy groups -OCH3 is 2. The maximum Gasteiger partial charge on any atom is 0.348 e. The molecule has 0 spiro atoms. The zero-order valence-corrected chi connectivity index (χ0v) is 11.6. The molecule has 1 aromatic carbocycles. The fourth-order valence-electron chi connectivity index (χ4n) is 1.78. The molecule has 0 fully saturated rings. The van der Waals surface area contributed by atoms with Gasteiger partial charge in [0.25, 0.3) is 0 Å². The van der Waals surface area contributed by atoms with Crippen molar-refractivity contribution in [1.29, 1.82) is 0 Å². The number of thioether (sulfide) groups is 1. The van der Waals surface area contributed by atoms with Gasteiger partial charge in [-0.25, -0.2) is 9.59 Å². The summed E-state index contributed by atoms with van der Waals surface area (Å²) in [6.45, 7) is 0. The molecule has 1 aromatic rings. The van der Waals surface area contributed by atoms with Gasteiger partial charge in [0.15, 0.2) is 5.57 Å². The highest BCUT2D eigenvalue weighted by atomic mass is 32.2. The minimum Gasteiger partial charge on any atom is -0.465 e. The zero-order chi connectivity index (χ0) is 14.0. The van der Waals surface area contributed by atoms with Crippen molar-refractivity contribution in [3.05, 3.63) is 34.9 Å². The summed E-state index contributed by atoms with van der Waals surface area (Å²) in [5.74, 6) is -1.40.